The van der Waals surface area contributed by atoms with Crippen molar-refractivity contribution < 1.29 is 4.57 Å². The third-order valence-electron chi connectivity index (χ3n) is 4.10. The summed E-state index contributed by atoms with van der Waals surface area (Å²) in [5, 5.41) is 0. The maximum absolute atomic E-state index is 2.24. The zero-order chi connectivity index (χ0) is 13.5. The lowest BCUT2D eigenvalue weighted by Crippen LogP contribution is -2.26. The molecule has 96 valence electrons. The molecule has 0 amide bonds. The Bertz CT molecular complexity index is 802. The molecule has 0 radical (unpaired) electrons. The standard InChI is InChI=1S/C19H16N/c1-20-11-10-18-16-8-4-2-6-14(16)12-15-7-3-5-9-17(15)19(18)13-20/h2-11,13H,12H2,1H3/q+1. The number of pyridine rings is 1. The topological polar surface area (TPSA) is 3.88 Å². The number of rotatable bonds is 0. The predicted octanol–water partition coefficient (Wildman–Crippen LogP) is 3.75. The van der Waals surface area contributed by atoms with Crippen LogP contribution in [-0.2, 0) is 13.5 Å². The maximum atomic E-state index is 2.24. The van der Waals surface area contributed by atoms with E-state index in [1.807, 2.05) is 0 Å². The van der Waals surface area contributed by atoms with Crippen molar-refractivity contribution in [3.8, 4) is 22.3 Å². The van der Waals surface area contributed by atoms with Crippen molar-refractivity contribution >= 4 is 0 Å². The summed E-state index contributed by atoms with van der Waals surface area (Å²) in [6.07, 6.45) is 5.37. The van der Waals surface area contributed by atoms with E-state index in [0.29, 0.717) is 0 Å². The van der Waals surface area contributed by atoms with E-state index >= 15 is 0 Å². The first-order valence-electron chi connectivity index (χ1n) is 6.99. The normalized spacial score (nSPS) is 12.1. The molecule has 1 heteroatoms. The monoisotopic (exact) mass is 258 g/mol. The van der Waals surface area contributed by atoms with Gasteiger partial charge in [0.2, 0.25) is 0 Å². The number of aryl methyl sites for hydroxylation is 1. The van der Waals surface area contributed by atoms with Crippen LogP contribution in [0.1, 0.15) is 11.1 Å². The molecular weight excluding hydrogens is 242 g/mol. The first-order chi connectivity index (χ1) is 9.83. The van der Waals surface area contributed by atoms with Crippen molar-refractivity contribution in [2.45, 2.75) is 6.42 Å². The molecule has 0 spiro atoms. The zero-order valence-electron chi connectivity index (χ0n) is 11.5. The summed E-state index contributed by atoms with van der Waals surface area (Å²) < 4.78 is 2.13. The zero-order valence-corrected chi connectivity index (χ0v) is 11.5. The van der Waals surface area contributed by atoms with Crippen LogP contribution in [-0.4, -0.2) is 0 Å². The fraction of sp³-hybridized carbons (Fsp3) is 0.105. The molecule has 1 nitrogen and oxygen atoms in total. The third kappa shape index (κ3) is 1.67. The van der Waals surface area contributed by atoms with Gasteiger partial charge in [0.05, 0.1) is 5.56 Å². The number of fused-ring (bicyclic) bond motifs is 5. The van der Waals surface area contributed by atoms with Crippen molar-refractivity contribution in [2.75, 3.05) is 0 Å². The van der Waals surface area contributed by atoms with E-state index in [0.717, 1.165) is 6.42 Å². The summed E-state index contributed by atoms with van der Waals surface area (Å²) in [6, 6.07) is 19.7. The summed E-state index contributed by atoms with van der Waals surface area (Å²) >= 11 is 0. The summed E-state index contributed by atoms with van der Waals surface area (Å²) in [6.45, 7) is 0. The van der Waals surface area contributed by atoms with E-state index in [-0.39, 0.29) is 0 Å². The average Bonchev–Trinajstić information content (AvgIpc) is 2.61. The van der Waals surface area contributed by atoms with E-state index in [2.05, 4.69) is 78.6 Å². The first kappa shape index (κ1) is 11.4. The molecule has 20 heavy (non-hydrogen) atoms. The molecule has 2 aromatic carbocycles. The lowest BCUT2D eigenvalue weighted by Gasteiger charge is -2.08. The van der Waals surface area contributed by atoms with Gasteiger partial charge in [0, 0.05) is 11.6 Å². The molecule has 1 heterocycles. The molecule has 0 fully saturated rings. The van der Waals surface area contributed by atoms with Gasteiger partial charge in [-0.1, -0.05) is 48.5 Å². The molecule has 1 aliphatic rings. The largest absolute Gasteiger partial charge is 0.207 e. The van der Waals surface area contributed by atoms with Crippen molar-refractivity contribution in [2.24, 2.45) is 7.05 Å². The van der Waals surface area contributed by atoms with E-state index < -0.39 is 0 Å². The highest BCUT2D eigenvalue weighted by molar-refractivity contribution is 5.87. The Hall–Kier alpha value is -2.41. The molecule has 0 aliphatic heterocycles. The molecule has 0 N–H and O–H groups in total. The molecule has 0 saturated heterocycles. The van der Waals surface area contributed by atoms with Crippen molar-refractivity contribution in [3.05, 3.63) is 78.1 Å². The summed E-state index contributed by atoms with van der Waals surface area (Å²) in [4.78, 5) is 0. The van der Waals surface area contributed by atoms with Crippen molar-refractivity contribution in [1.82, 2.24) is 0 Å². The smallest absolute Gasteiger partial charge is 0.177 e. The number of nitrogens with zero attached hydrogens (tertiary/aromatic N) is 1. The van der Waals surface area contributed by atoms with Crippen LogP contribution in [0, 0.1) is 0 Å². The molecular formula is C19H16N+. The molecule has 0 atom stereocenters. The van der Waals surface area contributed by atoms with Crippen LogP contribution in [0.5, 0.6) is 0 Å². The van der Waals surface area contributed by atoms with E-state index in [1.165, 1.54) is 33.4 Å². The Labute approximate surface area is 119 Å². The highest BCUT2D eigenvalue weighted by atomic mass is 14.9. The van der Waals surface area contributed by atoms with Gasteiger partial charge in [-0.2, -0.15) is 0 Å². The minimum atomic E-state index is 1.00. The van der Waals surface area contributed by atoms with Gasteiger partial charge in [0.25, 0.3) is 0 Å². The third-order valence-corrected chi connectivity index (χ3v) is 4.10. The molecule has 0 saturated carbocycles. The van der Waals surface area contributed by atoms with Gasteiger partial charge in [0.15, 0.2) is 12.4 Å². The number of aromatic nitrogens is 1. The Balaban J connectivity index is 2.13. The SMILES string of the molecule is C[n+]1ccc2c(c1)-c1ccccc1Cc1ccccc1-2. The van der Waals surface area contributed by atoms with E-state index in [9.17, 15) is 0 Å². The Morgan fingerprint density at radius 3 is 2.00 bits per heavy atom. The minimum absolute atomic E-state index is 1.00. The van der Waals surface area contributed by atoms with Crippen LogP contribution in [0.3, 0.4) is 0 Å². The Kier molecular flexibility index (Phi) is 2.46. The van der Waals surface area contributed by atoms with Crippen molar-refractivity contribution in [3.63, 3.8) is 0 Å². The number of hydrogen-bond acceptors (Lipinski definition) is 0. The van der Waals surface area contributed by atoms with Crippen LogP contribution in [0.15, 0.2) is 67.0 Å². The van der Waals surface area contributed by atoms with Gasteiger partial charge >= 0.3 is 0 Å². The second-order valence-corrected chi connectivity index (χ2v) is 5.43. The highest BCUT2D eigenvalue weighted by Gasteiger charge is 2.20. The Morgan fingerprint density at radius 1 is 0.700 bits per heavy atom. The second kappa shape index (κ2) is 4.31. The molecule has 3 aromatic rings. The van der Waals surface area contributed by atoms with E-state index in [1.54, 1.807) is 0 Å². The fourth-order valence-electron chi connectivity index (χ4n) is 3.13. The van der Waals surface area contributed by atoms with Crippen molar-refractivity contribution in [1.29, 1.82) is 0 Å². The Morgan fingerprint density at radius 2 is 1.30 bits per heavy atom. The van der Waals surface area contributed by atoms with Crippen LogP contribution in [0.4, 0.5) is 0 Å². The number of benzene rings is 2. The lowest BCUT2D eigenvalue weighted by molar-refractivity contribution is -0.670. The molecule has 1 aromatic heterocycles. The molecule has 1 aliphatic carbocycles. The maximum Gasteiger partial charge on any atom is 0.177 e. The van der Waals surface area contributed by atoms with Gasteiger partial charge in [0.1, 0.15) is 7.05 Å². The van der Waals surface area contributed by atoms with E-state index in [4.69, 9.17) is 0 Å². The van der Waals surface area contributed by atoms with Gasteiger partial charge < -0.3 is 0 Å². The second-order valence-electron chi connectivity index (χ2n) is 5.43. The van der Waals surface area contributed by atoms with Crippen LogP contribution in [0.25, 0.3) is 22.3 Å². The van der Waals surface area contributed by atoms with Crippen LogP contribution < -0.4 is 4.57 Å². The van der Waals surface area contributed by atoms with Gasteiger partial charge in [-0.05, 0) is 28.7 Å². The molecule has 4 rings (SSSR count). The van der Waals surface area contributed by atoms with Gasteiger partial charge in [-0.3, -0.25) is 0 Å². The molecule has 0 bridgehead atoms. The summed E-state index contributed by atoms with van der Waals surface area (Å²) in [7, 11) is 2.08. The average molecular weight is 258 g/mol. The van der Waals surface area contributed by atoms with Gasteiger partial charge in [-0.25, -0.2) is 4.57 Å². The summed E-state index contributed by atoms with van der Waals surface area (Å²) in [5.41, 5.74) is 8.20. The highest BCUT2D eigenvalue weighted by Crippen LogP contribution is 2.39. The quantitative estimate of drug-likeness (QED) is 0.423. The molecule has 0 unspecified atom stereocenters. The van der Waals surface area contributed by atoms with Crippen LogP contribution in [0.2, 0.25) is 0 Å². The van der Waals surface area contributed by atoms with Gasteiger partial charge in [-0.15, -0.1) is 0 Å². The first-order valence-corrected chi connectivity index (χ1v) is 6.99. The summed E-state index contributed by atoms with van der Waals surface area (Å²) in [5.74, 6) is 0. The minimum Gasteiger partial charge on any atom is -0.207 e. The lowest BCUT2D eigenvalue weighted by atomic mass is 9.96. The predicted molar refractivity (Wildman–Crippen MR) is 81.3 cm³/mol. The van der Waals surface area contributed by atoms with Crippen LogP contribution >= 0.6 is 0 Å². The fourth-order valence-corrected chi connectivity index (χ4v) is 3.13. The number of hydrogen-bond donors (Lipinski definition) is 0.